The molecule has 0 radical (unpaired) electrons. The molecule has 0 bridgehead atoms. The smallest absolute Gasteiger partial charge is 0.326 e. The van der Waals surface area contributed by atoms with E-state index in [0.717, 1.165) is 0 Å². The Kier molecular flexibility index (Phi) is 19.5. The summed E-state index contributed by atoms with van der Waals surface area (Å²) < 4.78 is 0. The lowest BCUT2D eigenvalue weighted by molar-refractivity contribution is -0.143. The highest BCUT2D eigenvalue weighted by molar-refractivity contribution is 5.96. The first kappa shape index (κ1) is 44.2. The molecule has 0 saturated carbocycles. The molecule has 17 heteroatoms. The number of carbonyl (C=O) groups is 7. The summed E-state index contributed by atoms with van der Waals surface area (Å²) in [6.45, 7) is 13.0. The third-order valence-corrected chi connectivity index (χ3v) is 8.07. The Morgan fingerprint density at radius 1 is 0.583 bits per heavy atom. The van der Waals surface area contributed by atoms with Gasteiger partial charge in [-0.25, -0.2) is 4.79 Å². The first-order valence-corrected chi connectivity index (χ1v) is 16.3. The lowest BCUT2D eigenvalue weighted by atomic mass is 9.94. The standard InChI is InChI=1S/C31H56N6O11/c1-9-15(5)23(35-27(43)22(32)17(7)38)28(44)36-24(16(6)10-2)29(45)37-25(18(8)39)30(46)34-20(13-14(3)4)26(42)33-19(31(47)48)11-12-21(40)41/h14-20,22-25,38-39H,9-13,32H2,1-8H3,(H,33,42)(H,34,46)(H,35,43)(H,36,44)(H,37,45)(H,40,41)(H,47,48)/t15-,16-,17+,18+,19-,20-,22-,23-,24-,25-/m0/s1. The molecule has 0 aliphatic rings. The molecule has 11 N–H and O–H groups in total. The van der Waals surface area contributed by atoms with E-state index in [1.54, 1.807) is 41.5 Å². The van der Waals surface area contributed by atoms with Crippen LogP contribution in [0, 0.1) is 17.8 Å². The monoisotopic (exact) mass is 688 g/mol. The predicted octanol–water partition coefficient (Wildman–Crippen LogP) is -1.41. The highest BCUT2D eigenvalue weighted by Crippen LogP contribution is 2.14. The Balaban J connectivity index is 6.11. The van der Waals surface area contributed by atoms with Crippen molar-refractivity contribution in [3.05, 3.63) is 0 Å². The van der Waals surface area contributed by atoms with Crippen LogP contribution in [0.25, 0.3) is 0 Å². The van der Waals surface area contributed by atoms with Crippen LogP contribution < -0.4 is 32.3 Å². The topological polar surface area (TPSA) is 287 Å². The van der Waals surface area contributed by atoms with E-state index in [2.05, 4.69) is 26.6 Å². The second-order valence-corrected chi connectivity index (χ2v) is 12.8. The van der Waals surface area contributed by atoms with Crippen molar-refractivity contribution in [1.29, 1.82) is 0 Å². The van der Waals surface area contributed by atoms with Crippen LogP contribution in [-0.4, -0.2) is 110 Å². The molecular weight excluding hydrogens is 632 g/mol. The van der Waals surface area contributed by atoms with Gasteiger partial charge in [-0.2, -0.15) is 0 Å². The number of carbonyl (C=O) groups excluding carboxylic acids is 5. The minimum Gasteiger partial charge on any atom is -0.481 e. The van der Waals surface area contributed by atoms with Gasteiger partial charge in [-0.3, -0.25) is 28.8 Å². The van der Waals surface area contributed by atoms with E-state index in [-0.39, 0.29) is 12.3 Å². The van der Waals surface area contributed by atoms with Gasteiger partial charge in [-0.15, -0.1) is 0 Å². The molecule has 0 unspecified atom stereocenters. The number of nitrogens with one attached hydrogen (secondary N) is 5. The molecule has 48 heavy (non-hydrogen) atoms. The molecule has 0 aromatic carbocycles. The lowest BCUT2D eigenvalue weighted by Gasteiger charge is -2.31. The maximum Gasteiger partial charge on any atom is 0.326 e. The van der Waals surface area contributed by atoms with Crippen LogP contribution in [-0.2, 0) is 33.6 Å². The number of amides is 5. The number of carboxylic acids is 2. The van der Waals surface area contributed by atoms with Gasteiger partial charge in [0, 0.05) is 6.42 Å². The Hall–Kier alpha value is -3.83. The first-order valence-electron chi connectivity index (χ1n) is 16.3. The van der Waals surface area contributed by atoms with Crippen molar-refractivity contribution >= 4 is 41.5 Å². The molecule has 276 valence electrons. The molecule has 0 aliphatic heterocycles. The van der Waals surface area contributed by atoms with Gasteiger partial charge in [0.2, 0.25) is 29.5 Å². The Morgan fingerprint density at radius 3 is 1.38 bits per heavy atom. The second kappa shape index (κ2) is 21.2. The minimum atomic E-state index is -1.61. The van der Waals surface area contributed by atoms with E-state index >= 15 is 0 Å². The van der Waals surface area contributed by atoms with Crippen LogP contribution in [0.15, 0.2) is 0 Å². The van der Waals surface area contributed by atoms with Gasteiger partial charge in [0.1, 0.15) is 36.3 Å². The van der Waals surface area contributed by atoms with Gasteiger partial charge >= 0.3 is 11.9 Å². The van der Waals surface area contributed by atoms with Gasteiger partial charge in [-0.1, -0.05) is 54.4 Å². The number of nitrogens with two attached hydrogens (primary N) is 1. The van der Waals surface area contributed by atoms with Crippen molar-refractivity contribution in [3.63, 3.8) is 0 Å². The average molecular weight is 689 g/mol. The molecule has 0 aromatic heterocycles. The van der Waals surface area contributed by atoms with E-state index in [9.17, 15) is 48.9 Å². The van der Waals surface area contributed by atoms with Gasteiger partial charge in [0.15, 0.2) is 0 Å². The highest BCUT2D eigenvalue weighted by atomic mass is 16.4. The maximum absolute atomic E-state index is 13.6. The summed E-state index contributed by atoms with van der Waals surface area (Å²) in [6.07, 6.45) is -2.69. The van der Waals surface area contributed by atoms with Gasteiger partial charge in [-0.05, 0) is 44.4 Å². The van der Waals surface area contributed by atoms with Crippen LogP contribution in [0.3, 0.4) is 0 Å². The van der Waals surface area contributed by atoms with E-state index in [0.29, 0.717) is 12.8 Å². The fourth-order valence-electron chi connectivity index (χ4n) is 4.53. The third kappa shape index (κ3) is 14.9. The molecule has 0 fully saturated rings. The van der Waals surface area contributed by atoms with Crippen molar-refractivity contribution in [2.75, 3.05) is 0 Å². The van der Waals surface area contributed by atoms with Crippen LogP contribution in [0.2, 0.25) is 0 Å². The fraction of sp³-hybridized carbons (Fsp3) is 0.774. The van der Waals surface area contributed by atoms with Crippen molar-refractivity contribution in [2.24, 2.45) is 23.5 Å². The van der Waals surface area contributed by atoms with Crippen LogP contribution in [0.1, 0.15) is 87.5 Å². The van der Waals surface area contributed by atoms with Crippen LogP contribution >= 0.6 is 0 Å². The SMILES string of the molecule is CC[C@H](C)[C@H](NC(=O)[C@@H](N)[C@@H](C)O)C(=O)N[C@H](C(=O)N[C@H](C(=O)N[C@@H](CC(C)C)C(=O)N[C@@H](CCC(=O)O)C(=O)O)[C@@H](C)O)[C@@H](C)CC. The molecule has 5 amide bonds. The van der Waals surface area contributed by atoms with Gasteiger partial charge < -0.3 is 52.7 Å². The predicted molar refractivity (Wildman–Crippen MR) is 174 cm³/mol. The van der Waals surface area contributed by atoms with Crippen LogP contribution in [0.5, 0.6) is 0 Å². The molecular formula is C31H56N6O11. The number of aliphatic hydroxyl groups excluding tert-OH is 2. The largest absolute Gasteiger partial charge is 0.481 e. The summed E-state index contributed by atoms with van der Waals surface area (Å²) in [4.78, 5) is 88.6. The van der Waals surface area contributed by atoms with Gasteiger partial charge in [0.25, 0.3) is 0 Å². The summed E-state index contributed by atoms with van der Waals surface area (Å²) in [5, 5.41) is 50.8. The number of rotatable bonds is 22. The number of carboxylic acid groups (broad SMARTS) is 2. The Bertz CT molecular complexity index is 1120. The minimum absolute atomic E-state index is 0.0380. The molecule has 17 nitrogen and oxygen atoms in total. The number of hydrogen-bond donors (Lipinski definition) is 10. The fourth-order valence-corrected chi connectivity index (χ4v) is 4.53. The summed E-state index contributed by atoms with van der Waals surface area (Å²) in [6, 6.07) is -8.11. The van der Waals surface area contributed by atoms with E-state index in [4.69, 9.17) is 10.8 Å². The molecule has 10 atom stereocenters. The average Bonchev–Trinajstić information content (AvgIpc) is 3.00. The van der Waals surface area contributed by atoms with Crippen molar-refractivity contribution in [1.82, 2.24) is 26.6 Å². The molecule has 0 heterocycles. The number of aliphatic hydroxyl groups is 2. The first-order chi connectivity index (χ1) is 22.2. The van der Waals surface area contributed by atoms with E-state index in [1.165, 1.54) is 13.8 Å². The highest BCUT2D eigenvalue weighted by Gasteiger charge is 2.37. The summed E-state index contributed by atoms with van der Waals surface area (Å²) >= 11 is 0. The van der Waals surface area contributed by atoms with Crippen molar-refractivity contribution in [3.8, 4) is 0 Å². The normalized spacial score (nSPS) is 17.6. The third-order valence-electron chi connectivity index (χ3n) is 8.07. The molecule has 0 saturated heterocycles. The van der Waals surface area contributed by atoms with Crippen LogP contribution in [0.4, 0.5) is 0 Å². The Morgan fingerprint density at radius 2 is 1.00 bits per heavy atom. The van der Waals surface area contributed by atoms with E-state index < -0.39 is 115 Å². The molecule has 0 aromatic rings. The maximum atomic E-state index is 13.6. The summed E-state index contributed by atoms with van der Waals surface area (Å²) in [5.41, 5.74) is 5.73. The zero-order chi connectivity index (χ0) is 37.5. The molecule has 0 rings (SSSR count). The Labute approximate surface area is 281 Å². The zero-order valence-electron chi connectivity index (χ0n) is 29.1. The molecule has 0 aliphatic carbocycles. The summed E-state index contributed by atoms with van der Waals surface area (Å²) in [7, 11) is 0. The molecule has 0 spiro atoms. The second-order valence-electron chi connectivity index (χ2n) is 12.8. The number of aliphatic carboxylic acids is 2. The number of hydrogen-bond acceptors (Lipinski definition) is 10. The van der Waals surface area contributed by atoms with E-state index in [1.807, 2.05) is 0 Å². The van der Waals surface area contributed by atoms with Gasteiger partial charge in [0.05, 0.1) is 12.2 Å². The van der Waals surface area contributed by atoms with Crippen molar-refractivity contribution < 1.29 is 54.0 Å². The van der Waals surface area contributed by atoms with Crippen molar-refractivity contribution in [2.45, 2.75) is 136 Å². The zero-order valence-corrected chi connectivity index (χ0v) is 29.1. The lowest BCUT2D eigenvalue weighted by Crippen LogP contribution is -2.63. The summed E-state index contributed by atoms with van der Waals surface area (Å²) in [5.74, 6) is -7.97. The quantitative estimate of drug-likeness (QED) is 0.0628.